The highest BCUT2D eigenvalue weighted by Gasteiger charge is 2.30. The van der Waals surface area contributed by atoms with Gasteiger partial charge in [0, 0.05) is 42.6 Å². The molecule has 10 heteroatoms. The molecular weight excluding hydrogens is 471 g/mol. The minimum absolute atomic E-state index is 0.0763. The van der Waals surface area contributed by atoms with E-state index in [1.165, 1.54) is 13.2 Å². The van der Waals surface area contributed by atoms with E-state index in [1.807, 2.05) is 10.3 Å². The van der Waals surface area contributed by atoms with Crippen LogP contribution in [-0.2, 0) is 9.63 Å². The Morgan fingerprint density at radius 2 is 2.06 bits per heavy atom. The van der Waals surface area contributed by atoms with E-state index in [1.54, 1.807) is 47.9 Å². The quantitative estimate of drug-likeness (QED) is 0.484. The van der Waals surface area contributed by atoms with E-state index < -0.39 is 6.10 Å². The lowest BCUT2D eigenvalue weighted by molar-refractivity contribution is -0.134. The highest BCUT2D eigenvalue weighted by Crippen LogP contribution is 2.34. The molecule has 0 aliphatic carbocycles. The van der Waals surface area contributed by atoms with Crippen molar-refractivity contribution in [1.82, 2.24) is 14.9 Å². The number of halogens is 1. The lowest BCUT2D eigenvalue weighted by atomic mass is 9.97. The first-order valence-electron chi connectivity index (χ1n) is 11.4. The van der Waals surface area contributed by atoms with Crippen molar-refractivity contribution in [3.63, 3.8) is 0 Å². The number of amides is 1. The Morgan fingerprint density at radius 3 is 2.86 bits per heavy atom. The van der Waals surface area contributed by atoms with Crippen molar-refractivity contribution < 1.29 is 23.5 Å². The Bertz CT molecular complexity index is 1230. The number of methoxy groups -OCH3 is 1. The summed E-state index contributed by atoms with van der Waals surface area (Å²) in [6.07, 6.45) is 3.30. The number of carbonyl (C=O) groups excluding carboxylic acids is 1. The van der Waals surface area contributed by atoms with Crippen molar-refractivity contribution >= 4 is 23.0 Å². The first kappa shape index (κ1) is 23.2. The van der Waals surface area contributed by atoms with Crippen molar-refractivity contribution in [2.45, 2.75) is 31.3 Å². The highest BCUT2D eigenvalue weighted by molar-refractivity contribution is 7.10. The molecule has 0 saturated carbocycles. The van der Waals surface area contributed by atoms with Gasteiger partial charge in [-0.3, -0.25) is 4.79 Å². The van der Waals surface area contributed by atoms with Crippen LogP contribution in [0.1, 0.15) is 47.5 Å². The monoisotopic (exact) mass is 496 g/mol. The summed E-state index contributed by atoms with van der Waals surface area (Å²) < 4.78 is 24.9. The van der Waals surface area contributed by atoms with Gasteiger partial charge in [0.15, 0.2) is 18.5 Å². The molecule has 5 rings (SSSR count). The molecule has 1 amide bonds. The van der Waals surface area contributed by atoms with Crippen LogP contribution >= 0.6 is 11.3 Å². The van der Waals surface area contributed by atoms with E-state index in [0.717, 1.165) is 29.3 Å². The van der Waals surface area contributed by atoms with Crippen LogP contribution in [-0.4, -0.2) is 53.3 Å². The summed E-state index contributed by atoms with van der Waals surface area (Å²) in [6.45, 7) is 1.20. The number of thiazole rings is 1. The molecule has 1 atom stereocenters. The zero-order chi connectivity index (χ0) is 24.2. The third-order valence-electron chi connectivity index (χ3n) is 6.22. The molecule has 8 nitrogen and oxygen atoms in total. The first-order chi connectivity index (χ1) is 17.1. The predicted octanol–water partition coefficient (Wildman–Crippen LogP) is 4.34. The number of aromatic nitrogens is 2. The van der Waals surface area contributed by atoms with Crippen molar-refractivity contribution in [3.8, 4) is 11.6 Å². The van der Waals surface area contributed by atoms with E-state index in [-0.39, 0.29) is 24.2 Å². The maximum absolute atomic E-state index is 14.1. The number of oxime groups is 1. The van der Waals surface area contributed by atoms with E-state index in [9.17, 15) is 9.18 Å². The van der Waals surface area contributed by atoms with Crippen LogP contribution in [0, 0.1) is 5.82 Å². The average Bonchev–Trinajstić information content (AvgIpc) is 3.58. The molecule has 2 aliphatic heterocycles. The summed E-state index contributed by atoms with van der Waals surface area (Å²) in [7, 11) is 1.54. The normalized spacial score (nSPS) is 18.2. The van der Waals surface area contributed by atoms with Gasteiger partial charge in [-0.2, -0.15) is 0 Å². The molecule has 1 saturated heterocycles. The number of ether oxygens (including phenoxy) is 2. The molecule has 2 aromatic heterocycles. The fourth-order valence-electron chi connectivity index (χ4n) is 4.28. The van der Waals surface area contributed by atoms with Gasteiger partial charge in [0.1, 0.15) is 11.5 Å². The SMILES string of the molecule is COc1cccnc1OCC(=O)N1CCC(c2nc(C3=NOC(c4ccccc4F)C3)cs2)CC1. The Kier molecular flexibility index (Phi) is 6.89. The molecule has 182 valence electrons. The molecule has 4 heterocycles. The van der Waals surface area contributed by atoms with Gasteiger partial charge in [0.05, 0.1) is 17.8 Å². The van der Waals surface area contributed by atoms with E-state index in [0.29, 0.717) is 36.7 Å². The summed E-state index contributed by atoms with van der Waals surface area (Å²) in [6, 6.07) is 10.1. The number of likely N-dealkylation sites (tertiary alicyclic amines) is 1. The van der Waals surface area contributed by atoms with Gasteiger partial charge >= 0.3 is 0 Å². The van der Waals surface area contributed by atoms with Gasteiger partial charge in [-0.05, 0) is 31.0 Å². The van der Waals surface area contributed by atoms with Gasteiger partial charge in [-0.25, -0.2) is 14.4 Å². The van der Waals surface area contributed by atoms with Crippen LogP contribution in [0.4, 0.5) is 4.39 Å². The van der Waals surface area contributed by atoms with Gasteiger partial charge in [0.25, 0.3) is 11.8 Å². The van der Waals surface area contributed by atoms with Crippen molar-refractivity contribution in [2.24, 2.45) is 5.16 Å². The second-order valence-corrected chi connectivity index (χ2v) is 9.27. The number of rotatable bonds is 7. The zero-order valence-electron chi connectivity index (χ0n) is 19.2. The summed E-state index contributed by atoms with van der Waals surface area (Å²) in [5.74, 6) is 0.715. The molecule has 3 aromatic rings. The minimum atomic E-state index is -0.432. The maximum atomic E-state index is 14.1. The van der Waals surface area contributed by atoms with Crippen LogP contribution < -0.4 is 9.47 Å². The van der Waals surface area contributed by atoms with Gasteiger partial charge in [-0.1, -0.05) is 23.4 Å². The molecule has 35 heavy (non-hydrogen) atoms. The molecule has 0 N–H and O–H groups in total. The molecule has 0 spiro atoms. The fourth-order valence-corrected chi connectivity index (χ4v) is 5.28. The first-order valence-corrected chi connectivity index (χ1v) is 12.3. The third-order valence-corrected chi connectivity index (χ3v) is 7.23. The van der Waals surface area contributed by atoms with E-state index >= 15 is 0 Å². The van der Waals surface area contributed by atoms with Crippen LogP contribution in [0.5, 0.6) is 11.6 Å². The fraction of sp³-hybridized carbons (Fsp3) is 0.360. The van der Waals surface area contributed by atoms with Crippen molar-refractivity contribution in [3.05, 3.63) is 70.1 Å². The van der Waals surface area contributed by atoms with Crippen molar-refractivity contribution in [1.29, 1.82) is 0 Å². The predicted molar refractivity (Wildman–Crippen MR) is 128 cm³/mol. The van der Waals surface area contributed by atoms with Gasteiger partial charge in [-0.15, -0.1) is 11.3 Å². The number of pyridine rings is 1. The third kappa shape index (κ3) is 5.12. The summed E-state index contributed by atoms with van der Waals surface area (Å²) in [4.78, 5) is 28.8. The van der Waals surface area contributed by atoms with E-state index in [4.69, 9.17) is 19.3 Å². The summed E-state index contributed by atoms with van der Waals surface area (Å²) >= 11 is 1.59. The topological polar surface area (TPSA) is 86.1 Å². The molecule has 2 aliphatic rings. The standard InChI is InChI=1S/C25H25FN4O4S/c1-32-21-7-4-10-27-24(21)33-14-23(31)30-11-8-16(9-12-30)25-28-20(15-35-25)19-13-22(34-29-19)17-5-2-3-6-18(17)26/h2-7,10,15-16,22H,8-9,11-14H2,1H3. The maximum Gasteiger partial charge on any atom is 0.260 e. The van der Waals surface area contributed by atoms with Crippen LogP contribution in [0.25, 0.3) is 0 Å². The zero-order valence-corrected chi connectivity index (χ0v) is 20.0. The molecule has 1 aromatic carbocycles. The molecule has 0 radical (unpaired) electrons. The Morgan fingerprint density at radius 1 is 1.23 bits per heavy atom. The molecular formula is C25H25FN4O4S. The van der Waals surface area contributed by atoms with Gasteiger partial charge < -0.3 is 19.2 Å². The lowest BCUT2D eigenvalue weighted by Crippen LogP contribution is -2.40. The molecule has 1 fully saturated rings. The largest absolute Gasteiger partial charge is 0.491 e. The average molecular weight is 497 g/mol. The Labute approximate surface area is 206 Å². The summed E-state index contributed by atoms with van der Waals surface area (Å²) in [5.41, 5.74) is 2.01. The summed E-state index contributed by atoms with van der Waals surface area (Å²) in [5, 5.41) is 7.18. The van der Waals surface area contributed by atoms with Crippen LogP contribution in [0.15, 0.2) is 53.1 Å². The van der Waals surface area contributed by atoms with Crippen LogP contribution in [0.3, 0.4) is 0 Å². The lowest BCUT2D eigenvalue weighted by Gasteiger charge is -2.31. The Hall–Kier alpha value is -3.53. The minimum Gasteiger partial charge on any atom is -0.491 e. The van der Waals surface area contributed by atoms with Gasteiger partial charge in [0.2, 0.25) is 0 Å². The molecule has 1 unspecified atom stereocenters. The Balaban J connectivity index is 1.13. The molecule has 0 bridgehead atoms. The second-order valence-electron chi connectivity index (χ2n) is 8.38. The highest BCUT2D eigenvalue weighted by atomic mass is 32.1. The van der Waals surface area contributed by atoms with Crippen molar-refractivity contribution in [2.75, 3.05) is 26.8 Å². The van der Waals surface area contributed by atoms with E-state index in [2.05, 4.69) is 10.1 Å². The number of hydrogen-bond acceptors (Lipinski definition) is 8. The van der Waals surface area contributed by atoms with Crippen LogP contribution in [0.2, 0.25) is 0 Å². The number of benzene rings is 1. The number of carbonyl (C=O) groups is 1. The second kappa shape index (κ2) is 10.4. The number of piperidine rings is 1. The number of hydrogen-bond donors (Lipinski definition) is 0. The number of nitrogens with zero attached hydrogens (tertiary/aromatic N) is 4. The smallest absolute Gasteiger partial charge is 0.260 e.